The molecule has 0 spiro atoms. The smallest absolute Gasteiger partial charge is 0.0618 e. The van der Waals surface area contributed by atoms with Gasteiger partial charge in [-0.15, -0.1) is 0 Å². The van der Waals surface area contributed by atoms with Crippen molar-refractivity contribution in [3.63, 3.8) is 0 Å². The summed E-state index contributed by atoms with van der Waals surface area (Å²) in [6.45, 7) is 4.42. The van der Waals surface area contributed by atoms with Gasteiger partial charge in [-0.2, -0.15) is 0 Å². The van der Waals surface area contributed by atoms with Gasteiger partial charge in [-0.1, -0.05) is 6.92 Å². The van der Waals surface area contributed by atoms with E-state index in [1.54, 1.807) is 7.11 Å². The van der Waals surface area contributed by atoms with Crippen molar-refractivity contribution < 1.29 is 4.74 Å². The van der Waals surface area contributed by atoms with Crippen molar-refractivity contribution in [1.29, 1.82) is 0 Å². The summed E-state index contributed by atoms with van der Waals surface area (Å²) < 4.78 is 5.10. The molecule has 0 saturated carbocycles. The van der Waals surface area contributed by atoms with E-state index in [1.165, 1.54) is 13.0 Å². The summed E-state index contributed by atoms with van der Waals surface area (Å²) in [7, 11) is 3.95. The van der Waals surface area contributed by atoms with Crippen molar-refractivity contribution in [3.05, 3.63) is 0 Å². The molecule has 0 aromatic heterocycles. The van der Waals surface area contributed by atoms with Crippen molar-refractivity contribution in [1.82, 2.24) is 4.90 Å². The zero-order chi connectivity index (χ0) is 7.56. The van der Waals surface area contributed by atoms with Gasteiger partial charge in [-0.25, -0.2) is 0 Å². The number of rotatable bonds is 2. The highest BCUT2D eigenvalue weighted by Crippen LogP contribution is 2.20. The predicted molar refractivity (Wildman–Crippen MR) is 42.1 cm³/mol. The second-order valence-electron chi connectivity index (χ2n) is 3.39. The molecule has 2 nitrogen and oxygen atoms in total. The molecule has 1 heterocycles. The summed E-state index contributed by atoms with van der Waals surface area (Å²) in [5, 5.41) is 0. The van der Waals surface area contributed by atoms with E-state index in [2.05, 4.69) is 18.9 Å². The standard InChI is InChI=1S/C8H17NO/c1-7-4-8(6-10-3)9(2)5-7/h7-8H,4-6H2,1-3H3/t7-,8-/m0/s1. The van der Waals surface area contributed by atoms with Crippen LogP contribution in [0.2, 0.25) is 0 Å². The minimum Gasteiger partial charge on any atom is -0.383 e. The van der Waals surface area contributed by atoms with Crippen LogP contribution in [0.4, 0.5) is 0 Å². The Balaban J connectivity index is 2.31. The molecule has 0 radical (unpaired) electrons. The third kappa shape index (κ3) is 1.70. The third-order valence-corrected chi connectivity index (χ3v) is 2.26. The van der Waals surface area contributed by atoms with E-state index in [9.17, 15) is 0 Å². The lowest BCUT2D eigenvalue weighted by Crippen LogP contribution is -2.28. The summed E-state index contributed by atoms with van der Waals surface area (Å²) in [6, 6.07) is 0.667. The lowest BCUT2D eigenvalue weighted by Gasteiger charge is -2.17. The number of likely N-dealkylation sites (tertiary alicyclic amines) is 1. The highest BCUT2D eigenvalue weighted by Gasteiger charge is 2.25. The van der Waals surface area contributed by atoms with Crippen LogP contribution >= 0.6 is 0 Å². The molecular formula is C8H17NO. The molecule has 2 heteroatoms. The second kappa shape index (κ2) is 3.35. The summed E-state index contributed by atoms with van der Waals surface area (Å²) in [4.78, 5) is 2.38. The van der Waals surface area contributed by atoms with Gasteiger partial charge in [0.05, 0.1) is 6.61 Å². The number of methoxy groups -OCH3 is 1. The van der Waals surface area contributed by atoms with Gasteiger partial charge in [0.15, 0.2) is 0 Å². The summed E-state index contributed by atoms with van der Waals surface area (Å²) in [6.07, 6.45) is 1.30. The summed E-state index contributed by atoms with van der Waals surface area (Å²) >= 11 is 0. The van der Waals surface area contributed by atoms with E-state index in [1.807, 2.05) is 0 Å². The average molecular weight is 143 g/mol. The minimum atomic E-state index is 0.667. The maximum atomic E-state index is 5.10. The first-order valence-electron chi connectivity index (χ1n) is 3.93. The topological polar surface area (TPSA) is 12.5 Å². The molecule has 1 aliphatic rings. The number of hydrogen-bond donors (Lipinski definition) is 0. The highest BCUT2D eigenvalue weighted by atomic mass is 16.5. The zero-order valence-corrected chi connectivity index (χ0v) is 7.13. The van der Waals surface area contributed by atoms with Gasteiger partial charge in [0.25, 0.3) is 0 Å². The normalized spacial score (nSPS) is 35.1. The van der Waals surface area contributed by atoms with Gasteiger partial charge < -0.3 is 9.64 Å². The maximum Gasteiger partial charge on any atom is 0.0618 e. The van der Waals surface area contributed by atoms with E-state index in [0.29, 0.717) is 6.04 Å². The molecule has 1 aliphatic heterocycles. The SMILES string of the molecule is COC[C@@H]1C[C@H](C)CN1C. The molecule has 0 aromatic rings. The quantitative estimate of drug-likeness (QED) is 0.571. The van der Waals surface area contributed by atoms with E-state index < -0.39 is 0 Å². The molecule has 1 fully saturated rings. The number of nitrogens with zero attached hydrogens (tertiary/aromatic N) is 1. The van der Waals surface area contributed by atoms with Crippen molar-refractivity contribution in [2.24, 2.45) is 5.92 Å². The molecule has 10 heavy (non-hydrogen) atoms. The Morgan fingerprint density at radius 1 is 1.60 bits per heavy atom. The maximum absolute atomic E-state index is 5.10. The molecule has 1 rings (SSSR count). The Labute approximate surface area is 63.2 Å². The molecule has 0 bridgehead atoms. The van der Waals surface area contributed by atoms with E-state index >= 15 is 0 Å². The van der Waals surface area contributed by atoms with Gasteiger partial charge in [0.1, 0.15) is 0 Å². The molecule has 1 saturated heterocycles. The van der Waals surface area contributed by atoms with E-state index in [0.717, 1.165) is 12.5 Å². The lowest BCUT2D eigenvalue weighted by atomic mass is 10.1. The molecule has 60 valence electrons. The first-order valence-corrected chi connectivity index (χ1v) is 3.93. The van der Waals surface area contributed by atoms with E-state index in [-0.39, 0.29) is 0 Å². The first-order chi connectivity index (χ1) is 4.74. The predicted octanol–water partition coefficient (Wildman–Crippen LogP) is 0.973. The molecule has 0 N–H and O–H groups in total. The van der Waals surface area contributed by atoms with Crippen LogP contribution in [0.15, 0.2) is 0 Å². The van der Waals surface area contributed by atoms with Crippen LogP contribution in [0.25, 0.3) is 0 Å². The fourth-order valence-corrected chi connectivity index (χ4v) is 1.75. The summed E-state index contributed by atoms with van der Waals surface area (Å²) in [5.41, 5.74) is 0. The second-order valence-corrected chi connectivity index (χ2v) is 3.39. The Morgan fingerprint density at radius 2 is 2.30 bits per heavy atom. The number of likely N-dealkylation sites (N-methyl/N-ethyl adjacent to an activating group) is 1. The number of hydrogen-bond acceptors (Lipinski definition) is 2. The Hall–Kier alpha value is -0.0800. The van der Waals surface area contributed by atoms with Crippen molar-refractivity contribution >= 4 is 0 Å². The van der Waals surface area contributed by atoms with Crippen LogP contribution in [0.3, 0.4) is 0 Å². The summed E-state index contributed by atoms with van der Waals surface area (Å²) in [5.74, 6) is 0.852. The van der Waals surface area contributed by atoms with E-state index in [4.69, 9.17) is 4.74 Å². The fraction of sp³-hybridized carbons (Fsp3) is 1.00. The van der Waals surface area contributed by atoms with Gasteiger partial charge in [0.2, 0.25) is 0 Å². The monoisotopic (exact) mass is 143 g/mol. The fourth-order valence-electron chi connectivity index (χ4n) is 1.75. The van der Waals surface area contributed by atoms with Crippen LogP contribution in [-0.4, -0.2) is 38.3 Å². The Kier molecular flexibility index (Phi) is 2.69. The number of ether oxygens (including phenoxy) is 1. The zero-order valence-electron chi connectivity index (χ0n) is 7.13. The molecule has 0 aromatic carbocycles. The van der Waals surface area contributed by atoms with Gasteiger partial charge in [-0.3, -0.25) is 0 Å². The Bertz CT molecular complexity index is 105. The van der Waals surface area contributed by atoms with Gasteiger partial charge in [-0.05, 0) is 19.4 Å². The van der Waals surface area contributed by atoms with Gasteiger partial charge >= 0.3 is 0 Å². The lowest BCUT2D eigenvalue weighted by molar-refractivity contribution is 0.129. The molecule has 0 aliphatic carbocycles. The van der Waals surface area contributed by atoms with Gasteiger partial charge in [0, 0.05) is 19.7 Å². The molecule has 0 amide bonds. The van der Waals surface area contributed by atoms with Crippen LogP contribution in [-0.2, 0) is 4.74 Å². The van der Waals surface area contributed by atoms with Crippen molar-refractivity contribution in [2.45, 2.75) is 19.4 Å². The van der Waals surface area contributed by atoms with Crippen LogP contribution in [0.5, 0.6) is 0 Å². The third-order valence-electron chi connectivity index (χ3n) is 2.26. The molecular weight excluding hydrogens is 126 g/mol. The first kappa shape index (κ1) is 8.02. The Morgan fingerprint density at radius 3 is 2.70 bits per heavy atom. The van der Waals surface area contributed by atoms with Crippen LogP contribution in [0, 0.1) is 5.92 Å². The molecule has 2 atom stereocenters. The minimum absolute atomic E-state index is 0.667. The average Bonchev–Trinajstić information content (AvgIpc) is 2.13. The van der Waals surface area contributed by atoms with Crippen LogP contribution < -0.4 is 0 Å². The van der Waals surface area contributed by atoms with Crippen molar-refractivity contribution in [2.75, 3.05) is 27.3 Å². The molecule has 0 unspecified atom stereocenters. The van der Waals surface area contributed by atoms with Crippen LogP contribution in [0.1, 0.15) is 13.3 Å². The highest BCUT2D eigenvalue weighted by molar-refractivity contribution is 4.80. The van der Waals surface area contributed by atoms with Crippen molar-refractivity contribution in [3.8, 4) is 0 Å². The largest absolute Gasteiger partial charge is 0.383 e.